The monoisotopic (exact) mass is 293 g/mol. The fourth-order valence-corrected chi connectivity index (χ4v) is 3.21. The molecule has 2 aromatic rings. The number of hydrogen-bond acceptors (Lipinski definition) is 5. The normalized spacial score (nSPS) is 18.8. The van der Waals surface area contributed by atoms with Gasteiger partial charge in [-0.3, -0.25) is 9.67 Å². The van der Waals surface area contributed by atoms with Gasteiger partial charge in [-0.05, 0) is 6.92 Å². The van der Waals surface area contributed by atoms with Crippen molar-refractivity contribution >= 4 is 14.9 Å². The van der Waals surface area contributed by atoms with Crippen molar-refractivity contribution in [1.29, 1.82) is 0 Å². The predicted octanol–water partition coefficient (Wildman–Crippen LogP) is 0.477. The SMILES string of the molecule is CC1Cn2c(-c3cnn(C)c3)cnc2C(S(C)(=O)=O)=N1. The molecule has 0 spiro atoms. The van der Waals surface area contributed by atoms with Gasteiger partial charge in [0.2, 0.25) is 0 Å². The molecule has 3 rings (SSSR count). The summed E-state index contributed by atoms with van der Waals surface area (Å²) in [6.45, 7) is 2.50. The Labute approximate surface area is 116 Å². The van der Waals surface area contributed by atoms with Gasteiger partial charge in [-0.15, -0.1) is 0 Å². The molecule has 1 aliphatic rings. The fraction of sp³-hybridized carbons (Fsp3) is 0.417. The molecule has 0 saturated carbocycles. The lowest BCUT2D eigenvalue weighted by atomic mass is 10.2. The summed E-state index contributed by atoms with van der Waals surface area (Å²) in [5.41, 5.74) is 1.77. The molecule has 7 nitrogen and oxygen atoms in total. The third-order valence-electron chi connectivity index (χ3n) is 3.18. The number of hydrogen-bond donors (Lipinski definition) is 0. The van der Waals surface area contributed by atoms with Crippen molar-refractivity contribution in [3.8, 4) is 11.3 Å². The summed E-state index contributed by atoms with van der Waals surface area (Å²) < 4.78 is 27.3. The Kier molecular flexibility index (Phi) is 2.79. The first-order valence-corrected chi connectivity index (χ1v) is 8.08. The van der Waals surface area contributed by atoms with Gasteiger partial charge < -0.3 is 4.57 Å². The first kappa shape index (κ1) is 13.0. The van der Waals surface area contributed by atoms with Crippen LogP contribution < -0.4 is 0 Å². The van der Waals surface area contributed by atoms with Crippen molar-refractivity contribution in [2.24, 2.45) is 12.0 Å². The van der Waals surface area contributed by atoms with Crippen LogP contribution in [0.25, 0.3) is 11.3 Å². The Balaban J connectivity index is 2.18. The second-order valence-corrected chi connectivity index (χ2v) is 6.97. The summed E-state index contributed by atoms with van der Waals surface area (Å²) in [5, 5.41) is 4.20. The maximum Gasteiger partial charge on any atom is 0.196 e. The molecule has 2 aromatic heterocycles. The molecule has 0 aliphatic carbocycles. The van der Waals surface area contributed by atoms with Crippen LogP contribution in [-0.2, 0) is 23.4 Å². The maximum absolute atomic E-state index is 11.8. The van der Waals surface area contributed by atoms with E-state index in [2.05, 4.69) is 15.1 Å². The third kappa shape index (κ3) is 2.05. The number of nitrogens with zero attached hydrogens (tertiary/aromatic N) is 5. The first-order chi connectivity index (χ1) is 9.36. The van der Waals surface area contributed by atoms with Crippen LogP contribution >= 0.6 is 0 Å². The average Bonchev–Trinajstić information content (AvgIpc) is 2.92. The highest BCUT2D eigenvalue weighted by molar-refractivity contribution is 8.06. The molecular weight excluding hydrogens is 278 g/mol. The predicted molar refractivity (Wildman–Crippen MR) is 75.3 cm³/mol. The summed E-state index contributed by atoms with van der Waals surface area (Å²) in [6, 6.07) is -0.100. The van der Waals surface area contributed by atoms with E-state index in [1.165, 1.54) is 0 Å². The van der Waals surface area contributed by atoms with Gasteiger partial charge in [0.25, 0.3) is 0 Å². The molecular formula is C12H15N5O2S. The summed E-state index contributed by atoms with van der Waals surface area (Å²) >= 11 is 0. The highest BCUT2D eigenvalue weighted by Crippen LogP contribution is 2.25. The topological polar surface area (TPSA) is 82.1 Å². The molecule has 3 heterocycles. The van der Waals surface area contributed by atoms with Crippen LogP contribution in [0.3, 0.4) is 0 Å². The van der Waals surface area contributed by atoms with Gasteiger partial charge in [-0.1, -0.05) is 0 Å². The molecule has 0 saturated heterocycles. The zero-order valence-electron chi connectivity index (χ0n) is 11.5. The highest BCUT2D eigenvalue weighted by Gasteiger charge is 2.29. The lowest BCUT2D eigenvalue weighted by Gasteiger charge is -2.20. The van der Waals surface area contributed by atoms with E-state index in [-0.39, 0.29) is 11.1 Å². The summed E-state index contributed by atoms with van der Waals surface area (Å²) in [7, 11) is -1.55. The molecule has 0 aromatic carbocycles. The quantitative estimate of drug-likeness (QED) is 0.765. The number of sulfone groups is 1. The van der Waals surface area contributed by atoms with Crippen LogP contribution in [0.5, 0.6) is 0 Å². The molecule has 1 aliphatic heterocycles. The molecule has 1 unspecified atom stereocenters. The van der Waals surface area contributed by atoms with Gasteiger partial charge >= 0.3 is 0 Å². The zero-order valence-corrected chi connectivity index (χ0v) is 12.3. The van der Waals surface area contributed by atoms with Crippen LogP contribution in [0.4, 0.5) is 0 Å². The van der Waals surface area contributed by atoms with E-state index >= 15 is 0 Å². The summed E-state index contributed by atoms with van der Waals surface area (Å²) in [6.07, 6.45) is 6.44. The van der Waals surface area contributed by atoms with Crippen molar-refractivity contribution < 1.29 is 8.42 Å². The van der Waals surface area contributed by atoms with Crippen molar-refractivity contribution in [3.05, 3.63) is 24.4 Å². The van der Waals surface area contributed by atoms with Crippen LogP contribution in [0, 0.1) is 0 Å². The maximum atomic E-state index is 11.8. The Morgan fingerprint density at radius 1 is 1.35 bits per heavy atom. The molecule has 0 fully saturated rings. The minimum atomic E-state index is -3.39. The van der Waals surface area contributed by atoms with Gasteiger partial charge in [0.05, 0.1) is 24.1 Å². The number of rotatable bonds is 1. The number of fused-ring (bicyclic) bond motifs is 1. The molecule has 0 amide bonds. The smallest absolute Gasteiger partial charge is 0.196 e. The highest BCUT2D eigenvalue weighted by atomic mass is 32.2. The van der Waals surface area contributed by atoms with E-state index in [1.807, 2.05) is 24.7 Å². The van der Waals surface area contributed by atoms with Crippen LogP contribution in [0.2, 0.25) is 0 Å². The molecule has 1 atom stereocenters. The van der Waals surface area contributed by atoms with E-state index in [4.69, 9.17) is 0 Å². The van der Waals surface area contributed by atoms with E-state index in [0.717, 1.165) is 17.5 Å². The average molecular weight is 293 g/mol. The van der Waals surface area contributed by atoms with Gasteiger partial charge in [0.1, 0.15) is 0 Å². The Morgan fingerprint density at radius 2 is 2.10 bits per heavy atom. The van der Waals surface area contributed by atoms with E-state index in [1.54, 1.807) is 17.1 Å². The molecule has 106 valence electrons. The molecule has 0 radical (unpaired) electrons. The second kappa shape index (κ2) is 4.27. The first-order valence-electron chi connectivity index (χ1n) is 6.19. The van der Waals surface area contributed by atoms with Crippen molar-refractivity contribution in [1.82, 2.24) is 19.3 Å². The van der Waals surface area contributed by atoms with Gasteiger partial charge in [-0.25, -0.2) is 13.4 Å². The zero-order chi connectivity index (χ0) is 14.5. The summed E-state index contributed by atoms with van der Waals surface area (Å²) in [5.74, 6) is 0.407. The molecule has 0 bridgehead atoms. The van der Waals surface area contributed by atoms with E-state index < -0.39 is 9.84 Å². The number of imidazole rings is 1. The Morgan fingerprint density at radius 3 is 2.70 bits per heavy atom. The second-order valence-electron chi connectivity index (χ2n) is 5.04. The summed E-state index contributed by atoms with van der Waals surface area (Å²) in [4.78, 5) is 8.47. The largest absolute Gasteiger partial charge is 0.320 e. The molecule has 8 heteroatoms. The Hall–Kier alpha value is -1.96. The van der Waals surface area contributed by atoms with Crippen molar-refractivity contribution in [3.63, 3.8) is 0 Å². The molecule has 20 heavy (non-hydrogen) atoms. The van der Waals surface area contributed by atoms with Gasteiger partial charge in [0, 0.05) is 31.6 Å². The van der Waals surface area contributed by atoms with Gasteiger partial charge in [0.15, 0.2) is 20.7 Å². The lowest BCUT2D eigenvalue weighted by molar-refractivity contribution is 0.572. The molecule has 0 N–H and O–H groups in total. The fourth-order valence-electron chi connectivity index (χ4n) is 2.34. The van der Waals surface area contributed by atoms with Gasteiger partial charge in [-0.2, -0.15) is 5.10 Å². The van der Waals surface area contributed by atoms with Crippen LogP contribution in [-0.4, -0.2) is 45.1 Å². The standard InChI is InChI=1S/C12H15N5O2S/c1-8-6-17-10(9-4-14-16(2)7-9)5-13-11(17)12(15-8)20(3,18)19/h4-5,7-8H,6H2,1-3H3. The van der Waals surface area contributed by atoms with Crippen molar-refractivity contribution in [2.45, 2.75) is 19.5 Å². The minimum Gasteiger partial charge on any atom is -0.320 e. The Bertz CT molecular complexity index is 800. The third-order valence-corrected chi connectivity index (χ3v) is 4.17. The van der Waals surface area contributed by atoms with Crippen LogP contribution in [0.15, 0.2) is 23.6 Å². The van der Waals surface area contributed by atoms with E-state index in [9.17, 15) is 8.42 Å². The lowest BCUT2D eigenvalue weighted by Crippen LogP contribution is -2.29. The minimum absolute atomic E-state index is 0.0615. The van der Waals surface area contributed by atoms with E-state index in [0.29, 0.717) is 12.4 Å². The number of aliphatic imine (C=N–C) groups is 1. The van der Waals surface area contributed by atoms with Crippen molar-refractivity contribution in [2.75, 3.05) is 6.26 Å². The number of aromatic nitrogens is 4. The number of aryl methyl sites for hydroxylation is 1. The van der Waals surface area contributed by atoms with Crippen LogP contribution in [0.1, 0.15) is 12.7 Å².